The zero-order valence-corrected chi connectivity index (χ0v) is 16.2. The number of carbonyl (C=O) groups is 1. The minimum atomic E-state index is -0.539. The molecule has 0 saturated carbocycles. The second kappa shape index (κ2) is 8.21. The highest BCUT2D eigenvalue weighted by Crippen LogP contribution is 2.33. The molecule has 1 heterocycles. The van der Waals surface area contributed by atoms with E-state index >= 15 is 0 Å². The number of nitrogens with one attached hydrogen (secondary N) is 2. The Balaban J connectivity index is 1.87. The summed E-state index contributed by atoms with van der Waals surface area (Å²) >= 11 is 18.0. The molecular weight excluding hydrogens is 415 g/mol. The molecular formula is C17H15Cl3N4O3. The first kappa shape index (κ1) is 19.5. The van der Waals surface area contributed by atoms with Crippen LogP contribution in [0.4, 0.5) is 17.1 Å². The van der Waals surface area contributed by atoms with E-state index in [9.17, 15) is 14.9 Å². The van der Waals surface area contributed by atoms with Crippen molar-refractivity contribution in [2.45, 2.75) is 12.8 Å². The van der Waals surface area contributed by atoms with Crippen LogP contribution in [0.2, 0.25) is 15.1 Å². The molecule has 1 fully saturated rings. The zero-order valence-electron chi connectivity index (χ0n) is 14.0. The van der Waals surface area contributed by atoms with Gasteiger partial charge in [0.15, 0.2) is 0 Å². The van der Waals surface area contributed by atoms with Gasteiger partial charge in [-0.25, -0.2) is 0 Å². The van der Waals surface area contributed by atoms with Crippen molar-refractivity contribution in [2.75, 3.05) is 23.4 Å². The third kappa shape index (κ3) is 4.37. The topological polar surface area (TPSA) is 87.5 Å². The van der Waals surface area contributed by atoms with E-state index < -0.39 is 10.8 Å². The van der Waals surface area contributed by atoms with Gasteiger partial charge in [0, 0.05) is 30.2 Å². The lowest BCUT2D eigenvalue weighted by Gasteiger charge is -2.21. The lowest BCUT2D eigenvalue weighted by molar-refractivity contribution is -0.384. The fraction of sp³-hybridized carbons (Fsp3) is 0.235. The smallest absolute Gasteiger partial charge is 0.271 e. The molecule has 142 valence electrons. The molecule has 0 bridgehead atoms. The van der Waals surface area contributed by atoms with Crippen molar-refractivity contribution in [2.24, 2.45) is 0 Å². The van der Waals surface area contributed by atoms with Gasteiger partial charge in [-0.05, 0) is 31.0 Å². The van der Waals surface area contributed by atoms with E-state index in [0.717, 1.165) is 25.9 Å². The highest BCUT2D eigenvalue weighted by Gasteiger charge is 2.23. The summed E-state index contributed by atoms with van der Waals surface area (Å²) < 4.78 is 0. The SMILES string of the molecule is O=C(NNc1c(Cl)cc(Cl)cc1Cl)c1cc([N+](=O)[O-])ccc1N1CCCC1. The Hall–Kier alpha value is -2.22. The summed E-state index contributed by atoms with van der Waals surface area (Å²) in [5.74, 6) is -0.539. The third-order valence-electron chi connectivity index (χ3n) is 4.19. The number of rotatable bonds is 5. The molecule has 2 N–H and O–H groups in total. The molecule has 27 heavy (non-hydrogen) atoms. The Kier molecular flexibility index (Phi) is 5.94. The average molecular weight is 430 g/mol. The van der Waals surface area contributed by atoms with Crippen molar-refractivity contribution in [3.8, 4) is 0 Å². The van der Waals surface area contributed by atoms with Crippen LogP contribution in [-0.4, -0.2) is 23.9 Å². The number of amides is 1. The van der Waals surface area contributed by atoms with E-state index in [1.165, 1.54) is 24.3 Å². The van der Waals surface area contributed by atoms with Gasteiger partial charge in [0.1, 0.15) is 0 Å². The number of benzene rings is 2. The van der Waals surface area contributed by atoms with E-state index in [1.807, 2.05) is 4.90 Å². The van der Waals surface area contributed by atoms with Crippen molar-refractivity contribution >= 4 is 57.8 Å². The van der Waals surface area contributed by atoms with Crippen LogP contribution >= 0.6 is 34.8 Å². The number of halogens is 3. The van der Waals surface area contributed by atoms with Crippen LogP contribution in [-0.2, 0) is 0 Å². The molecule has 2 aromatic carbocycles. The Morgan fingerprint density at radius 2 is 1.70 bits per heavy atom. The third-order valence-corrected chi connectivity index (χ3v) is 5.00. The van der Waals surface area contributed by atoms with Crippen molar-refractivity contribution in [3.63, 3.8) is 0 Å². The predicted molar refractivity (Wildman–Crippen MR) is 107 cm³/mol. The molecule has 2 aromatic rings. The normalized spacial score (nSPS) is 13.5. The largest absolute Gasteiger partial charge is 0.371 e. The van der Waals surface area contributed by atoms with Gasteiger partial charge in [0.2, 0.25) is 0 Å². The van der Waals surface area contributed by atoms with Crippen LogP contribution in [0.25, 0.3) is 0 Å². The van der Waals surface area contributed by atoms with E-state index in [0.29, 0.717) is 10.7 Å². The number of hydrogen-bond acceptors (Lipinski definition) is 5. The van der Waals surface area contributed by atoms with Gasteiger partial charge in [-0.3, -0.25) is 25.8 Å². The molecule has 0 spiro atoms. The summed E-state index contributed by atoms with van der Waals surface area (Å²) in [6.45, 7) is 1.58. The van der Waals surface area contributed by atoms with E-state index in [-0.39, 0.29) is 27.0 Å². The lowest BCUT2D eigenvalue weighted by Crippen LogP contribution is -2.32. The van der Waals surface area contributed by atoms with Gasteiger partial charge >= 0.3 is 0 Å². The predicted octanol–water partition coefficient (Wildman–Crippen LogP) is 4.91. The van der Waals surface area contributed by atoms with Gasteiger partial charge in [-0.1, -0.05) is 34.8 Å². The highest BCUT2D eigenvalue weighted by molar-refractivity contribution is 6.41. The van der Waals surface area contributed by atoms with Crippen LogP contribution < -0.4 is 15.8 Å². The fourth-order valence-electron chi connectivity index (χ4n) is 2.90. The quantitative estimate of drug-likeness (QED) is 0.521. The number of carbonyl (C=O) groups excluding carboxylic acids is 1. The van der Waals surface area contributed by atoms with E-state index in [2.05, 4.69) is 10.9 Å². The minimum Gasteiger partial charge on any atom is -0.371 e. The number of nitro groups is 1. The maximum Gasteiger partial charge on any atom is 0.271 e. The molecule has 3 rings (SSSR count). The van der Waals surface area contributed by atoms with Crippen molar-refractivity contribution in [3.05, 3.63) is 61.1 Å². The number of anilines is 2. The molecule has 0 unspecified atom stereocenters. The van der Waals surface area contributed by atoms with Gasteiger partial charge < -0.3 is 4.90 Å². The number of hydrogen-bond donors (Lipinski definition) is 2. The standard InChI is InChI=1S/C17H15Cl3N4O3/c18-10-7-13(19)16(14(20)8-10)21-22-17(25)12-9-11(24(26)27)3-4-15(12)23-5-1-2-6-23/h3-4,7-9,21H,1-2,5-6H2,(H,22,25). The van der Waals surface area contributed by atoms with Gasteiger partial charge in [0.05, 0.1) is 31.9 Å². The zero-order chi connectivity index (χ0) is 19.6. The second-order valence-corrected chi connectivity index (χ2v) is 7.23. The van der Waals surface area contributed by atoms with Crippen LogP contribution in [0, 0.1) is 10.1 Å². The maximum atomic E-state index is 12.7. The monoisotopic (exact) mass is 428 g/mol. The van der Waals surface area contributed by atoms with Crippen molar-refractivity contribution in [1.29, 1.82) is 0 Å². The number of hydrazine groups is 1. The van der Waals surface area contributed by atoms with Gasteiger partial charge in [-0.15, -0.1) is 0 Å². The summed E-state index contributed by atoms with van der Waals surface area (Å²) in [6.07, 6.45) is 2.01. The number of nitro benzene ring substituents is 1. The molecule has 0 radical (unpaired) electrons. The first-order chi connectivity index (χ1) is 12.9. The molecule has 1 aliphatic rings. The fourth-order valence-corrected chi connectivity index (χ4v) is 3.81. The lowest BCUT2D eigenvalue weighted by atomic mass is 10.1. The average Bonchev–Trinajstić information content (AvgIpc) is 3.14. The Labute approximate surface area is 170 Å². The molecule has 0 aliphatic carbocycles. The molecule has 1 aliphatic heterocycles. The summed E-state index contributed by atoms with van der Waals surface area (Å²) in [6, 6.07) is 7.21. The maximum absolute atomic E-state index is 12.7. The molecule has 10 heteroatoms. The molecule has 1 saturated heterocycles. The van der Waals surface area contributed by atoms with Crippen LogP contribution in [0.5, 0.6) is 0 Å². The van der Waals surface area contributed by atoms with E-state index in [4.69, 9.17) is 34.8 Å². The summed E-state index contributed by atoms with van der Waals surface area (Å²) in [5, 5.41) is 11.9. The van der Waals surface area contributed by atoms with Crippen LogP contribution in [0.15, 0.2) is 30.3 Å². The Morgan fingerprint density at radius 1 is 1.07 bits per heavy atom. The Bertz CT molecular complexity index is 878. The molecule has 7 nitrogen and oxygen atoms in total. The van der Waals surface area contributed by atoms with Gasteiger partial charge in [-0.2, -0.15) is 0 Å². The van der Waals surface area contributed by atoms with Crippen molar-refractivity contribution in [1.82, 2.24) is 5.43 Å². The first-order valence-electron chi connectivity index (χ1n) is 8.11. The summed E-state index contributed by atoms with van der Waals surface area (Å²) in [4.78, 5) is 25.3. The van der Waals surface area contributed by atoms with Crippen molar-refractivity contribution < 1.29 is 9.72 Å². The first-order valence-corrected chi connectivity index (χ1v) is 9.24. The Morgan fingerprint density at radius 3 is 2.30 bits per heavy atom. The van der Waals surface area contributed by atoms with Gasteiger partial charge in [0.25, 0.3) is 11.6 Å². The molecule has 0 aromatic heterocycles. The minimum absolute atomic E-state index is 0.161. The highest BCUT2D eigenvalue weighted by atomic mass is 35.5. The van der Waals surface area contributed by atoms with Crippen LogP contribution in [0.1, 0.15) is 23.2 Å². The second-order valence-electron chi connectivity index (χ2n) is 5.98. The summed E-state index contributed by atoms with van der Waals surface area (Å²) in [7, 11) is 0. The molecule has 0 atom stereocenters. The molecule has 1 amide bonds. The van der Waals surface area contributed by atoms with Crippen LogP contribution in [0.3, 0.4) is 0 Å². The number of nitrogens with zero attached hydrogens (tertiary/aromatic N) is 2. The number of non-ortho nitro benzene ring substituents is 1. The summed E-state index contributed by atoms with van der Waals surface area (Å²) in [5.41, 5.74) is 6.12. The van der Waals surface area contributed by atoms with E-state index in [1.54, 1.807) is 6.07 Å².